The third kappa shape index (κ3) is 15.0. The van der Waals surface area contributed by atoms with Crippen molar-refractivity contribution in [2.75, 3.05) is 31.9 Å². The number of anilines is 6. The van der Waals surface area contributed by atoms with E-state index < -0.39 is 153 Å². The number of carbonyl (C=O) groups excluding carboxylic acids is 5. The largest absolute Gasteiger partial charge is 0.744 e. The second-order valence-corrected chi connectivity index (χ2v) is 26.9. The molecule has 29 nitrogen and oxygen atoms in total. The van der Waals surface area contributed by atoms with Crippen molar-refractivity contribution >= 4 is 166 Å². The van der Waals surface area contributed by atoms with Crippen LogP contribution in [0.25, 0.3) is 21.5 Å². The molecule has 0 spiro atoms. The van der Waals surface area contributed by atoms with Crippen LogP contribution in [0, 0.1) is 13.8 Å². The van der Waals surface area contributed by atoms with Crippen LogP contribution in [0.3, 0.4) is 0 Å². The van der Waals surface area contributed by atoms with Crippen LogP contribution in [0.15, 0.2) is 163 Å². The van der Waals surface area contributed by atoms with Crippen LogP contribution < -0.4 is 31.9 Å². The van der Waals surface area contributed by atoms with Crippen LogP contribution >= 0.6 is 0 Å². The normalized spacial score (nSPS) is 14.3. The van der Waals surface area contributed by atoms with Crippen molar-refractivity contribution in [2.45, 2.75) is 43.2 Å². The number of rotatable bonds is 16. The molecule has 4 atom stereocenters. The quantitative estimate of drug-likeness (QED) is 0.0288. The second kappa shape index (κ2) is 24.4. The SMILES string of the molecule is Cc1ccc(C(=O)Nc2ccc(S(=O)(=O)[O-])c3cc(S(=O)(O)=[OH+])cc(S(=O)(O)=[OH+])c23)cc1NC(=O)c1cccc(NC(=O)Nc2cccc(C(=O)Nc3cc(C(=O)Nc4ccc(S(=O)(=O)[O-])c5cc(S(=O)(O)=[OH+])cc(S(=O)(O)=[OH+])c45)ccc3C)c2)c1.[Ga]. The first kappa shape index (κ1) is 66.1. The third-order valence-corrected chi connectivity index (χ3v) is 17.8. The van der Waals surface area contributed by atoms with Crippen molar-refractivity contribution in [1.29, 1.82) is 0 Å². The molecule has 451 valence electrons. The van der Waals surface area contributed by atoms with E-state index in [0.717, 1.165) is 12.1 Å². The van der Waals surface area contributed by atoms with Crippen LogP contribution in [-0.2, 0) is 60.7 Å². The molecular weight excluding hydrogens is 1330 g/mol. The zero-order valence-corrected chi connectivity index (χ0v) is 51.3. The number of hydrogen-bond donors (Lipinski definition) is 10. The summed E-state index contributed by atoms with van der Waals surface area (Å²) in [4.78, 5) is 61.2. The van der Waals surface area contributed by atoms with Crippen molar-refractivity contribution in [3.05, 3.63) is 167 Å². The standard InChI is InChI=1S/C51H40N6O23S6.Ga/c1-25-9-11-29(49(60)54-37-13-15-41(83(69,70)71)35-21-33(81(63,64)65)23-43(45(35)37)85(75,76)77)19-39(25)56-47(58)27-5-3-7-31(17-27)52-51(62)53-32-8-4-6-28(18-32)48(59)57-40-20-30(12-10-26(40)2)50(61)55-38-14-16-42(84(72,73)74)36-22-34(82(66,67)68)24-44(46(36)38)86(78,79)80;/h3-24H,1-2H3,(H,54,60)(H,55,61)(H,56,58)(H,57,59)(H2,52,53,62)(H,63,64,65)(H,66,67,68)(H,69,70,71)(H,72,73,74)(H,75,76,77)(H,78,79,80);/p+2. The topological polar surface area (TPSA) is 507 Å². The molecule has 0 aliphatic heterocycles. The summed E-state index contributed by atoms with van der Waals surface area (Å²) in [6.45, 7) is 3.13. The summed E-state index contributed by atoms with van der Waals surface area (Å²) < 4.78 is 202. The van der Waals surface area contributed by atoms with E-state index in [0.29, 0.717) is 47.5 Å². The molecule has 3 radical (unpaired) electrons. The van der Waals surface area contributed by atoms with E-state index in [1.807, 2.05) is 0 Å². The molecule has 0 aliphatic rings. The van der Waals surface area contributed by atoms with Gasteiger partial charge in [-0.15, -0.1) is 16.8 Å². The minimum Gasteiger partial charge on any atom is -0.744 e. The van der Waals surface area contributed by atoms with Crippen LogP contribution in [0.1, 0.15) is 52.6 Å². The summed E-state index contributed by atoms with van der Waals surface area (Å²) in [5, 5.41) is 12.0. The minimum absolute atomic E-state index is 0. The fraction of sp³-hybridized carbons (Fsp3) is 0.0392. The van der Waals surface area contributed by atoms with Gasteiger partial charge in [-0.3, -0.25) is 19.2 Å². The summed E-state index contributed by atoms with van der Waals surface area (Å²) in [6.07, 6.45) is 0. The van der Waals surface area contributed by atoms with Gasteiger partial charge in [-0.25, -0.2) is 39.8 Å². The molecule has 0 saturated heterocycles. The molecule has 87 heavy (non-hydrogen) atoms. The van der Waals surface area contributed by atoms with Crippen molar-refractivity contribution in [1.82, 2.24) is 0 Å². The van der Waals surface area contributed by atoms with Crippen LogP contribution in [0.4, 0.5) is 38.9 Å². The van der Waals surface area contributed by atoms with E-state index in [4.69, 9.17) is 0 Å². The van der Waals surface area contributed by atoms with Gasteiger partial charge in [0, 0.05) is 86.3 Å². The smallest absolute Gasteiger partial charge is 0.435 e. The predicted molar refractivity (Wildman–Crippen MR) is 313 cm³/mol. The van der Waals surface area contributed by atoms with E-state index in [1.165, 1.54) is 84.9 Å². The maximum atomic E-state index is 13.7. The summed E-state index contributed by atoms with van der Waals surface area (Å²) >= 11 is 0. The van der Waals surface area contributed by atoms with Gasteiger partial charge in [-0.05, 0) is 134 Å². The molecule has 8 rings (SSSR count). The van der Waals surface area contributed by atoms with Gasteiger partial charge in [0.05, 0.1) is 21.2 Å². The Kier molecular flexibility index (Phi) is 18.5. The number of amides is 6. The number of carbonyl (C=O) groups is 5. The molecule has 0 bridgehead atoms. The molecule has 0 aliphatic carbocycles. The zero-order valence-electron chi connectivity index (χ0n) is 43.9. The molecule has 0 aromatic heterocycles. The number of aryl methyl sites for hydroxylation is 2. The maximum Gasteiger partial charge on any atom is 0.435 e. The predicted octanol–water partition coefficient (Wildman–Crippen LogP) is 6.31. The van der Waals surface area contributed by atoms with Crippen molar-refractivity contribution in [3.63, 3.8) is 0 Å². The van der Waals surface area contributed by atoms with Crippen LogP contribution in [-0.4, -0.2) is 127 Å². The van der Waals surface area contributed by atoms with Crippen molar-refractivity contribution in [3.8, 4) is 0 Å². The fourth-order valence-electron chi connectivity index (χ4n) is 8.50. The monoisotopic (exact) mass is 1370 g/mol. The molecule has 0 heterocycles. The summed E-state index contributed by atoms with van der Waals surface area (Å²) in [5.41, 5.74) is -0.222. The summed E-state index contributed by atoms with van der Waals surface area (Å²) in [7, 11) is -31.3. The first-order valence-corrected chi connectivity index (χ1v) is 32.3. The van der Waals surface area contributed by atoms with Gasteiger partial charge in [0.1, 0.15) is 30.0 Å². The molecule has 4 unspecified atom stereocenters. The number of hydrogen-bond acceptors (Lipinski definition) is 15. The number of benzene rings is 8. The van der Waals surface area contributed by atoms with Crippen LogP contribution in [0.2, 0.25) is 0 Å². The fourth-order valence-corrected chi connectivity index (χ4v) is 12.6. The van der Waals surface area contributed by atoms with Gasteiger partial charge in [0.25, 0.3) is 23.6 Å². The van der Waals surface area contributed by atoms with E-state index in [1.54, 1.807) is 13.8 Å². The molecule has 14 N–H and O–H groups in total. The van der Waals surface area contributed by atoms with Gasteiger partial charge in [0.15, 0.2) is 9.79 Å². The Hall–Kier alpha value is -8.47. The van der Waals surface area contributed by atoms with Crippen LogP contribution in [0.5, 0.6) is 0 Å². The number of fused-ring (bicyclic) bond motifs is 2. The second-order valence-electron chi connectivity index (χ2n) is 18.4. The molecule has 36 heteroatoms. The number of urea groups is 1. The Labute approximate surface area is 506 Å². The molecule has 0 saturated carbocycles. The van der Waals surface area contributed by atoms with E-state index >= 15 is 0 Å². The molecule has 8 aromatic carbocycles. The van der Waals surface area contributed by atoms with Gasteiger partial charge in [-0.2, -0.15) is 16.8 Å². The Morgan fingerprint density at radius 3 is 1.01 bits per heavy atom. The molecular formula is C51H42GaN6O23S6+2. The first-order chi connectivity index (χ1) is 39.8. The molecule has 0 fully saturated rings. The van der Waals surface area contributed by atoms with Gasteiger partial charge < -0.3 is 41.0 Å². The zero-order chi connectivity index (χ0) is 63.4. The average Bonchev–Trinajstić information content (AvgIpc) is 0.808. The Bertz CT molecular complexity index is 4720. The van der Waals surface area contributed by atoms with Crippen molar-refractivity contribution < 1.29 is 102 Å². The minimum atomic E-state index is -5.45. The molecule has 8 aromatic rings. The maximum absolute atomic E-state index is 13.7. The first-order valence-electron chi connectivity index (χ1n) is 23.6. The van der Waals surface area contributed by atoms with Gasteiger partial charge in [-0.1, -0.05) is 24.3 Å². The summed E-state index contributed by atoms with van der Waals surface area (Å²) in [6, 6.07) is 23.0. The van der Waals surface area contributed by atoms with E-state index in [9.17, 15) is 102 Å². The third-order valence-electron chi connectivity index (χ3n) is 12.5. The molecule has 6 amide bonds. The van der Waals surface area contributed by atoms with Gasteiger partial charge in [0.2, 0.25) is 0 Å². The summed E-state index contributed by atoms with van der Waals surface area (Å²) in [5.74, 6) is -3.51. The Morgan fingerprint density at radius 2 is 0.701 bits per heavy atom. The Morgan fingerprint density at radius 1 is 0.379 bits per heavy atom. The van der Waals surface area contributed by atoms with Gasteiger partial charge >= 0.3 is 46.5 Å². The van der Waals surface area contributed by atoms with Crippen molar-refractivity contribution in [2.24, 2.45) is 0 Å². The number of nitrogens with one attached hydrogen (secondary N) is 6. The Balaban J connectivity index is 0.0000108. The van der Waals surface area contributed by atoms with E-state index in [2.05, 4.69) is 31.9 Å². The average molecular weight is 1370 g/mol. The van der Waals surface area contributed by atoms with E-state index in [-0.39, 0.29) is 64.8 Å².